The average Bonchev–Trinajstić information content (AvgIpc) is 3.29. The van der Waals surface area contributed by atoms with Gasteiger partial charge in [-0.2, -0.15) is 0 Å². The van der Waals surface area contributed by atoms with Gasteiger partial charge in [-0.1, -0.05) is 28.1 Å². The van der Waals surface area contributed by atoms with Crippen molar-refractivity contribution in [3.63, 3.8) is 0 Å². The number of nitrogens with one attached hydrogen (secondary N) is 3. The van der Waals surface area contributed by atoms with Crippen LogP contribution in [0.5, 0.6) is 0 Å². The molecule has 4 rings (SSSR count). The number of likely N-dealkylation sites (N-methyl/N-ethyl adjacent to an activating group) is 1. The number of carboxylic acids is 2. The fourth-order valence-electron chi connectivity index (χ4n) is 4.08. The van der Waals surface area contributed by atoms with Gasteiger partial charge >= 0.3 is 11.9 Å². The van der Waals surface area contributed by atoms with Crippen molar-refractivity contribution in [3.8, 4) is 0 Å². The molecule has 0 unspecified atom stereocenters. The van der Waals surface area contributed by atoms with E-state index in [0.717, 1.165) is 35.0 Å². The molecule has 2 aliphatic heterocycles. The summed E-state index contributed by atoms with van der Waals surface area (Å²) in [5, 5.41) is 30.9. The molecule has 0 aromatic carbocycles. The van der Waals surface area contributed by atoms with Crippen molar-refractivity contribution in [2.24, 2.45) is 5.16 Å². The van der Waals surface area contributed by atoms with E-state index in [4.69, 9.17) is 27.3 Å². The number of oxime groups is 1. The minimum absolute atomic E-state index is 0.00148. The molecule has 18 heteroatoms. The number of aromatic nitrogens is 2. The molecular weight excluding hydrogens is 612 g/mol. The number of hydrogen-bond donors (Lipinski definition) is 6. The summed E-state index contributed by atoms with van der Waals surface area (Å²) in [6.07, 6.45) is 2.23. The van der Waals surface area contributed by atoms with Crippen LogP contribution in [0.1, 0.15) is 12.6 Å². The first-order valence-electron chi connectivity index (χ1n) is 12.5. The number of nitrogens with zero attached hydrogens (tertiary/aromatic N) is 4. The molecule has 15 nitrogen and oxygen atoms in total. The zero-order valence-corrected chi connectivity index (χ0v) is 24.8. The van der Waals surface area contributed by atoms with Crippen LogP contribution in [-0.4, -0.2) is 93.0 Å². The Morgan fingerprint density at radius 2 is 2.02 bits per heavy atom. The van der Waals surface area contributed by atoms with E-state index in [1.165, 1.54) is 18.7 Å². The van der Waals surface area contributed by atoms with Crippen molar-refractivity contribution >= 4 is 75.0 Å². The molecule has 1 fully saturated rings. The van der Waals surface area contributed by atoms with Crippen molar-refractivity contribution in [2.45, 2.75) is 31.0 Å². The Labute approximate surface area is 252 Å². The SMILES string of the molecule is CNCCNc1cc[n+](CC2=C(C(=O)O)N3C(=O)[C@@H](NC(=O)C(=NO[C@@H](C)C(=O)O)c4nc(N)sc4Cl)[C@H]3SC2)cc1. The zero-order chi connectivity index (χ0) is 30.6. The summed E-state index contributed by atoms with van der Waals surface area (Å²) >= 11 is 8.30. The Hall–Kier alpha value is -3.93. The molecule has 7 N–H and O–H groups in total. The number of carbonyl (C=O) groups excluding carboxylic acids is 2. The molecular formula is C24H28ClN8O7S2+. The second kappa shape index (κ2) is 13.4. The number of halogens is 1. The number of carbonyl (C=O) groups is 4. The first-order chi connectivity index (χ1) is 20.0. The third-order valence-corrected chi connectivity index (χ3v) is 8.62. The van der Waals surface area contributed by atoms with E-state index < -0.39 is 47.0 Å². The fourth-order valence-corrected chi connectivity index (χ4v) is 6.34. The molecule has 42 heavy (non-hydrogen) atoms. The van der Waals surface area contributed by atoms with Gasteiger partial charge in [0.2, 0.25) is 6.10 Å². The summed E-state index contributed by atoms with van der Waals surface area (Å²) in [5.41, 5.74) is 6.36. The van der Waals surface area contributed by atoms with E-state index >= 15 is 0 Å². The number of β-lactam (4-membered cyclic amide) rings is 1. The molecule has 0 saturated carbocycles. The largest absolute Gasteiger partial charge is 0.478 e. The summed E-state index contributed by atoms with van der Waals surface area (Å²) in [6, 6.07) is 2.65. The lowest BCUT2D eigenvalue weighted by Gasteiger charge is -2.49. The third-order valence-electron chi connectivity index (χ3n) is 6.20. The predicted octanol–water partition coefficient (Wildman–Crippen LogP) is -0.0699. The van der Waals surface area contributed by atoms with E-state index in [2.05, 4.69) is 26.1 Å². The van der Waals surface area contributed by atoms with Gasteiger partial charge in [0.1, 0.15) is 27.1 Å². The number of anilines is 2. The topological polar surface area (TPSA) is 212 Å². The summed E-state index contributed by atoms with van der Waals surface area (Å²) in [4.78, 5) is 59.8. The molecule has 2 aliphatic rings. The van der Waals surface area contributed by atoms with Crippen LogP contribution in [0, 0.1) is 0 Å². The number of fused-ring (bicyclic) bond motifs is 1. The number of carboxylic acid groups (broad SMARTS) is 2. The van der Waals surface area contributed by atoms with Crippen LogP contribution in [0.4, 0.5) is 10.8 Å². The summed E-state index contributed by atoms with van der Waals surface area (Å²) in [5.74, 6) is -3.85. The van der Waals surface area contributed by atoms with Crippen molar-refractivity contribution in [1.82, 2.24) is 20.5 Å². The quantitative estimate of drug-likeness (QED) is 0.0559. The van der Waals surface area contributed by atoms with Gasteiger partial charge in [0.25, 0.3) is 11.8 Å². The molecule has 0 spiro atoms. The Morgan fingerprint density at radius 3 is 2.62 bits per heavy atom. The highest BCUT2D eigenvalue weighted by Crippen LogP contribution is 2.40. The van der Waals surface area contributed by atoms with Crippen molar-refractivity contribution in [1.29, 1.82) is 0 Å². The Kier molecular flexibility index (Phi) is 9.87. The van der Waals surface area contributed by atoms with E-state index in [9.17, 15) is 24.3 Å². The van der Waals surface area contributed by atoms with Crippen LogP contribution in [-0.2, 0) is 30.6 Å². The number of aliphatic carboxylic acids is 2. The number of rotatable bonds is 13. The summed E-state index contributed by atoms with van der Waals surface area (Å²) < 4.78 is 1.82. The standard InChI is InChI=1S/C24H27ClN8O7S2/c1-11(22(36)37)40-31-15(14-18(25)42-24(26)30-14)19(34)29-16-20(35)33-17(23(38)39)12(10-41-21(16)33)9-32-7-3-13(4-8-32)28-6-5-27-2/h3-4,7-8,11,16,21,27H,5-6,9-10H2,1-2H3,(H5,26,29,30,34,36,37,38,39)/p+1/t11-,16+,21+/m0/s1. The lowest BCUT2D eigenvalue weighted by atomic mass is 10.0. The molecule has 2 aromatic heterocycles. The van der Waals surface area contributed by atoms with Crippen LogP contribution >= 0.6 is 34.7 Å². The molecule has 0 bridgehead atoms. The van der Waals surface area contributed by atoms with Crippen molar-refractivity contribution in [3.05, 3.63) is 45.8 Å². The number of pyridine rings is 1. The van der Waals surface area contributed by atoms with Crippen LogP contribution in [0.3, 0.4) is 0 Å². The van der Waals surface area contributed by atoms with Gasteiger partial charge in [0, 0.05) is 42.2 Å². The minimum atomic E-state index is -1.40. The molecule has 0 aliphatic carbocycles. The number of nitrogens with two attached hydrogens (primary N) is 1. The fraction of sp³-hybridized carbons (Fsp3) is 0.375. The number of nitrogen functional groups attached to an aromatic ring is 1. The monoisotopic (exact) mass is 639 g/mol. The third kappa shape index (κ3) is 6.75. The van der Waals surface area contributed by atoms with Crippen LogP contribution in [0.2, 0.25) is 4.34 Å². The lowest BCUT2D eigenvalue weighted by Crippen LogP contribution is -2.71. The molecule has 3 atom stereocenters. The minimum Gasteiger partial charge on any atom is -0.478 e. The molecule has 2 aromatic rings. The summed E-state index contributed by atoms with van der Waals surface area (Å²) in [7, 11) is 1.86. The molecule has 1 saturated heterocycles. The maximum absolute atomic E-state index is 13.2. The Morgan fingerprint density at radius 1 is 1.31 bits per heavy atom. The highest BCUT2D eigenvalue weighted by Gasteiger charge is 2.55. The first kappa shape index (κ1) is 31.0. The van der Waals surface area contributed by atoms with E-state index in [0.29, 0.717) is 11.3 Å². The highest BCUT2D eigenvalue weighted by atomic mass is 35.5. The second-order valence-electron chi connectivity index (χ2n) is 9.11. The van der Waals surface area contributed by atoms with Crippen LogP contribution in [0.15, 0.2) is 41.0 Å². The number of hydrogen-bond acceptors (Lipinski definition) is 12. The molecule has 0 radical (unpaired) electrons. The van der Waals surface area contributed by atoms with Gasteiger partial charge < -0.3 is 36.7 Å². The summed E-state index contributed by atoms with van der Waals surface area (Å²) in [6.45, 7) is 3.00. The van der Waals surface area contributed by atoms with Gasteiger partial charge in [-0.15, -0.1) is 11.8 Å². The smallest absolute Gasteiger partial charge is 0.352 e. The van der Waals surface area contributed by atoms with E-state index in [-0.39, 0.29) is 27.4 Å². The van der Waals surface area contributed by atoms with E-state index in [1.54, 1.807) is 0 Å². The predicted molar refractivity (Wildman–Crippen MR) is 155 cm³/mol. The van der Waals surface area contributed by atoms with Crippen molar-refractivity contribution in [2.75, 3.05) is 36.9 Å². The lowest BCUT2D eigenvalue weighted by molar-refractivity contribution is -0.688. The Balaban J connectivity index is 1.50. The second-order valence-corrected chi connectivity index (χ2v) is 11.8. The molecule has 2 amide bonds. The van der Waals surface area contributed by atoms with Gasteiger partial charge in [-0.05, 0) is 14.0 Å². The van der Waals surface area contributed by atoms with Crippen LogP contribution < -0.4 is 26.3 Å². The van der Waals surface area contributed by atoms with E-state index in [1.807, 2.05) is 36.1 Å². The molecule has 4 heterocycles. The van der Waals surface area contributed by atoms with Crippen LogP contribution in [0.25, 0.3) is 0 Å². The number of amides is 2. The van der Waals surface area contributed by atoms with Crippen molar-refractivity contribution < 1.29 is 38.8 Å². The maximum atomic E-state index is 13.2. The highest BCUT2D eigenvalue weighted by molar-refractivity contribution is 8.00. The number of thioether (sulfide) groups is 1. The average molecular weight is 640 g/mol. The Bertz CT molecular complexity index is 1450. The zero-order valence-electron chi connectivity index (χ0n) is 22.4. The maximum Gasteiger partial charge on any atom is 0.352 e. The normalized spacial score (nSPS) is 19.1. The van der Waals surface area contributed by atoms with Gasteiger partial charge in [0.05, 0.1) is 0 Å². The van der Waals surface area contributed by atoms with Gasteiger partial charge in [-0.25, -0.2) is 19.1 Å². The first-order valence-corrected chi connectivity index (χ1v) is 14.7. The van der Waals surface area contributed by atoms with Gasteiger partial charge in [0.15, 0.2) is 29.8 Å². The van der Waals surface area contributed by atoms with Gasteiger partial charge in [-0.3, -0.25) is 14.5 Å². The number of thiazole rings is 1. The molecule has 224 valence electrons.